The van der Waals surface area contributed by atoms with Crippen LogP contribution in [-0.4, -0.2) is 50.6 Å². The van der Waals surface area contributed by atoms with Gasteiger partial charge in [-0.2, -0.15) is 0 Å². The van der Waals surface area contributed by atoms with Crippen molar-refractivity contribution < 1.29 is 18.6 Å². The number of aromatic nitrogens is 5. The number of tetrazole rings is 1. The Morgan fingerprint density at radius 1 is 1.08 bits per heavy atom. The summed E-state index contributed by atoms with van der Waals surface area (Å²) in [6.45, 7) is 1.93. The van der Waals surface area contributed by atoms with Crippen LogP contribution in [0.25, 0.3) is 10.9 Å². The zero-order valence-electron chi connectivity index (χ0n) is 20.7. The van der Waals surface area contributed by atoms with Crippen LogP contribution in [0.2, 0.25) is 0 Å². The van der Waals surface area contributed by atoms with E-state index in [2.05, 4.69) is 25.4 Å². The molecule has 5 aromatic rings. The van der Waals surface area contributed by atoms with Crippen molar-refractivity contribution in [3.05, 3.63) is 100.0 Å². The van der Waals surface area contributed by atoms with Crippen LogP contribution < -0.4 is 15.0 Å². The third-order valence-electron chi connectivity index (χ3n) is 6.50. The highest BCUT2D eigenvalue weighted by molar-refractivity contribution is 5.83. The first-order chi connectivity index (χ1) is 18.7. The first kappa shape index (κ1) is 23.9. The molecule has 0 saturated carbocycles. The minimum atomic E-state index is -0.606. The van der Waals surface area contributed by atoms with Crippen molar-refractivity contribution in [1.82, 2.24) is 30.1 Å². The van der Waals surface area contributed by atoms with Gasteiger partial charge in [-0.05, 0) is 40.3 Å². The number of benzene rings is 2. The molecule has 0 fully saturated rings. The first-order valence-electron chi connectivity index (χ1n) is 12.2. The zero-order chi connectivity index (χ0) is 25.9. The summed E-state index contributed by atoms with van der Waals surface area (Å²) >= 11 is 0. The molecular formula is C27H26N6O5. The molecule has 2 aromatic carbocycles. The highest BCUT2D eigenvalue weighted by atomic mass is 16.7. The fourth-order valence-corrected chi connectivity index (χ4v) is 4.72. The van der Waals surface area contributed by atoms with E-state index in [9.17, 15) is 4.79 Å². The van der Waals surface area contributed by atoms with Crippen molar-refractivity contribution in [3.8, 4) is 11.5 Å². The Labute approximate surface area is 217 Å². The van der Waals surface area contributed by atoms with Crippen molar-refractivity contribution >= 4 is 10.9 Å². The first-order valence-corrected chi connectivity index (χ1v) is 12.2. The van der Waals surface area contributed by atoms with Crippen molar-refractivity contribution in [2.24, 2.45) is 0 Å². The smallest absolute Gasteiger partial charge is 0.253 e. The maximum absolute atomic E-state index is 13.7. The summed E-state index contributed by atoms with van der Waals surface area (Å²) < 4.78 is 23.8. The van der Waals surface area contributed by atoms with Crippen LogP contribution in [0.1, 0.15) is 28.8 Å². The van der Waals surface area contributed by atoms with Gasteiger partial charge in [0, 0.05) is 30.7 Å². The molecule has 0 aliphatic carbocycles. The number of fused-ring (bicyclic) bond motifs is 2. The topological polar surface area (TPSA) is 121 Å². The van der Waals surface area contributed by atoms with Crippen LogP contribution in [0.3, 0.4) is 0 Å². The molecule has 0 amide bonds. The van der Waals surface area contributed by atoms with Gasteiger partial charge in [0.1, 0.15) is 11.8 Å². The quantitative estimate of drug-likeness (QED) is 0.299. The van der Waals surface area contributed by atoms with Crippen molar-refractivity contribution in [2.75, 3.05) is 20.5 Å². The number of nitrogens with one attached hydrogen (secondary N) is 1. The number of pyridine rings is 1. The maximum Gasteiger partial charge on any atom is 0.253 e. The molecule has 38 heavy (non-hydrogen) atoms. The van der Waals surface area contributed by atoms with Gasteiger partial charge in [-0.3, -0.25) is 9.69 Å². The second-order valence-electron chi connectivity index (χ2n) is 8.97. The largest absolute Gasteiger partial charge is 0.468 e. The van der Waals surface area contributed by atoms with E-state index >= 15 is 0 Å². The highest BCUT2D eigenvalue weighted by Crippen LogP contribution is 2.36. The van der Waals surface area contributed by atoms with Crippen molar-refractivity contribution in [1.29, 1.82) is 0 Å². The Morgan fingerprint density at radius 3 is 2.71 bits per heavy atom. The van der Waals surface area contributed by atoms with Crippen LogP contribution >= 0.6 is 0 Å². The van der Waals surface area contributed by atoms with Crippen LogP contribution in [0, 0.1) is 0 Å². The number of aromatic amines is 1. The standard InChI is InChI=1S/C27H26N6O5/c1-35-11-9-33-26(29-30-31-33)25(32(16-20-8-5-10-36-20)15-18-6-3-2-4-7-18)21-12-19-13-23-24(38-17-37-23)14-22(19)28-27(21)34/h2-8,10,12-14,25H,9,11,15-17H2,1H3,(H,28,34)/t25-/m1/s1. The van der Waals surface area contributed by atoms with Crippen LogP contribution in [0.4, 0.5) is 0 Å². The van der Waals surface area contributed by atoms with Gasteiger partial charge in [0.05, 0.1) is 31.5 Å². The number of hydrogen-bond acceptors (Lipinski definition) is 9. The molecule has 0 saturated heterocycles. The van der Waals surface area contributed by atoms with Gasteiger partial charge in [-0.15, -0.1) is 5.10 Å². The minimum Gasteiger partial charge on any atom is -0.468 e. The Morgan fingerprint density at radius 2 is 1.92 bits per heavy atom. The van der Waals surface area contributed by atoms with E-state index in [1.54, 1.807) is 24.1 Å². The molecule has 0 radical (unpaired) electrons. The summed E-state index contributed by atoms with van der Waals surface area (Å²) in [7, 11) is 1.62. The van der Waals surface area contributed by atoms with Gasteiger partial charge >= 0.3 is 0 Å². The lowest BCUT2D eigenvalue weighted by molar-refractivity contribution is 0.163. The van der Waals surface area contributed by atoms with E-state index < -0.39 is 6.04 Å². The molecule has 11 nitrogen and oxygen atoms in total. The fourth-order valence-electron chi connectivity index (χ4n) is 4.72. The summed E-state index contributed by atoms with van der Waals surface area (Å²) in [4.78, 5) is 18.8. The predicted octanol–water partition coefficient (Wildman–Crippen LogP) is 3.27. The monoisotopic (exact) mass is 514 g/mol. The molecule has 194 valence electrons. The van der Waals surface area contributed by atoms with E-state index in [1.807, 2.05) is 54.6 Å². The molecule has 0 unspecified atom stereocenters. The Hall–Kier alpha value is -4.48. The molecule has 11 heteroatoms. The van der Waals surface area contributed by atoms with Gasteiger partial charge in [-0.1, -0.05) is 30.3 Å². The normalized spacial score (nSPS) is 13.4. The van der Waals surface area contributed by atoms with E-state index in [0.717, 1.165) is 16.7 Å². The average molecular weight is 515 g/mol. The number of hydrogen-bond donors (Lipinski definition) is 1. The molecular weight excluding hydrogens is 488 g/mol. The SMILES string of the molecule is COCCn1nnnc1[C@@H](c1cc2cc3c(cc2[nH]c1=O)OCO3)N(Cc1ccccc1)Cc1ccco1. The van der Waals surface area contributed by atoms with E-state index in [1.165, 1.54) is 0 Å². The lowest BCUT2D eigenvalue weighted by Crippen LogP contribution is -2.35. The third-order valence-corrected chi connectivity index (χ3v) is 6.50. The Balaban J connectivity index is 1.51. The molecule has 3 aromatic heterocycles. The molecule has 0 bridgehead atoms. The number of furan rings is 1. The molecule has 0 spiro atoms. The number of rotatable bonds is 10. The lowest BCUT2D eigenvalue weighted by Gasteiger charge is -2.30. The van der Waals surface area contributed by atoms with Gasteiger partial charge in [-0.25, -0.2) is 4.68 Å². The van der Waals surface area contributed by atoms with Crippen molar-refractivity contribution in [2.45, 2.75) is 25.7 Å². The summed E-state index contributed by atoms with van der Waals surface area (Å²) in [5.41, 5.74) is 1.97. The summed E-state index contributed by atoms with van der Waals surface area (Å²) in [5, 5.41) is 13.4. The summed E-state index contributed by atoms with van der Waals surface area (Å²) in [6.07, 6.45) is 1.64. The van der Waals surface area contributed by atoms with Crippen LogP contribution in [0.15, 0.2) is 76.1 Å². The molecule has 1 aliphatic heterocycles. The second-order valence-corrected chi connectivity index (χ2v) is 8.97. The van der Waals surface area contributed by atoms with Crippen LogP contribution in [-0.2, 0) is 24.4 Å². The molecule has 1 aliphatic rings. The highest BCUT2D eigenvalue weighted by Gasteiger charge is 2.31. The van der Waals surface area contributed by atoms with Gasteiger partial charge in [0.15, 0.2) is 17.3 Å². The van der Waals surface area contributed by atoms with Gasteiger partial charge < -0.3 is 23.6 Å². The summed E-state index contributed by atoms with van der Waals surface area (Å²) in [5.74, 6) is 2.51. The lowest BCUT2D eigenvalue weighted by atomic mass is 10.0. The number of methoxy groups -OCH3 is 1. The third kappa shape index (κ3) is 4.76. The minimum absolute atomic E-state index is 0.146. The molecule has 1 atom stereocenters. The predicted molar refractivity (Wildman–Crippen MR) is 137 cm³/mol. The average Bonchev–Trinajstić information content (AvgIpc) is 3.70. The van der Waals surface area contributed by atoms with E-state index in [4.69, 9.17) is 18.6 Å². The fraction of sp³-hybridized carbons (Fsp3) is 0.259. The number of H-pyrrole nitrogens is 1. The maximum atomic E-state index is 13.7. The zero-order valence-corrected chi connectivity index (χ0v) is 20.7. The molecule has 1 N–H and O–H groups in total. The van der Waals surface area contributed by atoms with E-state index in [-0.39, 0.29) is 12.4 Å². The van der Waals surface area contributed by atoms with E-state index in [0.29, 0.717) is 54.6 Å². The van der Waals surface area contributed by atoms with Crippen molar-refractivity contribution in [3.63, 3.8) is 0 Å². The van der Waals surface area contributed by atoms with Gasteiger partial charge in [0.2, 0.25) is 6.79 Å². The van der Waals surface area contributed by atoms with Crippen LogP contribution in [0.5, 0.6) is 11.5 Å². The number of ether oxygens (including phenoxy) is 3. The molecule has 6 rings (SSSR count). The Bertz CT molecular complexity index is 1580. The Kier molecular flexibility index (Phi) is 6.59. The number of nitrogens with zero attached hydrogens (tertiary/aromatic N) is 5. The molecule has 4 heterocycles. The summed E-state index contributed by atoms with van der Waals surface area (Å²) in [6, 6.07) is 18.7. The van der Waals surface area contributed by atoms with Gasteiger partial charge in [0.25, 0.3) is 5.56 Å². The second kappa shape index (κ2) is 10.5.